The largest absolute Gasteiger partial charge is 0.488 e. The number of aromatic nitrogens is 1. The predicted molar refractivity (Wildman–Crippen MR) is 124 cm³/mol. The number of fused-ring (bicyclic) bond motifs is 3. The molecule has 2 N–H and O–H groups in total. The van der Waals surface area contributed by atoms with Gasteiger partial charge in [-0.2, -0.15) is 0 Å². The minimum atomic E-state index is -0.182. The van der Waals surface area contributed by atoms with Crippen molar-refractivity contribution >= 4 is 45.3 Å². The van der Waals surface area contributed by atoms with Gasteiger partial charge in [0.15, 0.2) is 5.13 Å². The van der Waals surface area contributed by atoms with Gasteiger partial charge in [-0.1, -0.05) is 24.3 Å². The maximum absolute atomic E-state index is 12.8. The van der Waals surface area contributed by atoms with Gasteiger partial charge < -0.3 is 10.1 Å². The third kappa shape index (κ3) is 3.95. The van der Waals surface area contributed by atoms with Crippen molar-refractivity contribution in [1.29, 1.82) is 0 Å². The van der Waals surface area contributed by atoms with Crippen molar-refractivity contribution in [2.24, 2.45) is 0 Å². The maximum atomic E-state index is 12.8. The molecular formula is C23H17N3O3S2. The average Bonchev–Trinajstić information content (AvgIpc) is 3.41. The van der Waals surface area contributed by atoms with E-state index in [-0.39, 0.29) is 11.8 Å². The highest BCUT2D eigenvalue weighted by Crippen LogP contribution is 2.42. The van der Waals surface area contributed by atoms with Crippen LogP contribution < -0.4 is 15.4 Å². The summed E-state index contributed by atoms with van der Waals surface area (Å²) in [6, 6.07) is 17.2. The summed E-state index contributed by atoms with van der Waals surface area (Å²) >= 11 is 2.84. The topological polar surface area (TPSA) is 80.3 Å². The van der Waals surface area contributed by atoms with E-state index in [0.29, 0.717) is 16.6 Å². The highest BCUT2D eigenvalue weighted by molar-refractivity contribution is 7.18. The van der Waals surface area contributed by atoms with Crippen LogP contribution in [0.15, 0.2) is 60.0 Å². The van der Waals surface area contributed by atoms with Crippen LogP contribution in [-0.2, 0) is 11.4 Å². The number of nitrogens with zero attached hydrogens (tertiary/aromatic N) is 1. The summed E-state index contributed by atoms with van der Waals surface area (Å²) in [4.78, 5) is 30.2. The standard InChI is InChI=1S/C23H17N3O3S2/c1-13(27)24-16-8-6-14(7-9-16)18-12-30-23(25-18)26-22(28)20-10-15-11-29-19-5-3-2-4-17(19)21(15)31-20/h2-10,12H,11H2,1H3,(H,24,27)(H,25,26,28). The van der Waals surface area contributed by atoms with Crippen molar-refractivity contribution < 1.29 is 14.3 Å². The van der Waals surface area contributed by atoms with Crippen molar-refractivity contribution in [3.05, 3.63) is 70.4 Å². The number of carbonyl (C=O) groups excluding carboxylic acids is 2. The first-order valence-corrected chi connectivity index (χ1v) is 11.3. The van der Waals surface area contributed by atoms with E-state index >= 15 is 0 Å². The van der Waals surface area contributed by atoms with Gasteiger partial charge in [0.2, 0.25) is 5.91 Å². The van der Waals surface area contributed by atoms with Crippen LogP contribution in [0.1, 0.15) is 22.2 Å². The van der Waals surface area contributed by atoms with Crippen LogP contribution in [0.2, 0.25) is 0 Å². The molecule has 5 rings (SSSR count). The minimum absolute atomic E-state index is 0.114. The lowest BCUT2D eigenvalue weighted by Crippen LogP contribution is -2.09. The van der Waals surface area contributed by atoms with Crippen molar-refractivity contribution in [1.82, 2.24) is 4.98 Å². The molecule has 0 spiro atoms. The van der Waals surface area contributed by atoms with Gasteiger partial charge >= 0.3 is 0 Å². The number of hydrogen-bond donors (Lipinski definition) is 2. The van der Waals surface area contributed by atoms with E-state index in [4.69, 9.17) is 4.74 Å². The fourth-order valence-electron chi connectivity index (χ4n) is 3.36. The number of carbonyl (C=O) groups is 2. The molecule has 0 atom stereocenters. The Bertz CT molecular complexity index is 1290. The van der Waals surface area contributed by atoms with E-state index in [1.54, 1.807) is 0 Å². The zero-order valence-corrected chi connectivity index (χ0v) is 18.1. The highest BCUT2D eigenvalue weighted by atomic mass is 32.1. The smallest absolute Gasteiger partial charge is 0.267 e. The number of hydrogen-bond acceptors (Lipinski definition) is 6. The third-order valence-corrected chi connectivity index (χ3v) is 6.74. The maximum Gasteiger partial charge on any atom is 0.267 e. The van der Waals surface area contributed by atoms with Crippen LogP contribution in [0.3, 0.4) is 0 Å². The van der Waals surface area contributed by atoms with Crippen LogP contribution in [0.5, 0.6) is 5.75 Å². The summed E-state index contributed by atoms with van der Waals surface area (Å²) in [5, 5.41) is 8.07. The summed E-state index contributed by atoms with van der Waals surface area (Å²) in [6.07, 6.45) is 0. The molecular weight excluding hydrogens is 430 g/mol. The van der Waals surface area contributed by atoms with Crippen molar-refractivity contribution in [2.75, 3.05) is 10.6 Å². The highest BCUT2D eigenvalue weighted by Gasteiger charge is 2.22. The van der Waals surface area contributed by atoms with Crippen LogP contribution in [0.25, 0.3) is 21.7 Å². The van der Waals surface area contributed by atoms with Crippen molar-refractivity contribution in [3.8, 4) is 27.4 Å². The number of amides is 2. The normalized spacial score (nSPS) is 11.8. The Morgan fingerprint density at radius 2 is 1.87 bits per heavy atom. The second kappa shape index (κ2) is 7.98. The van der Waals surface area contributed by atoms with Gasteiger partial charge in [-0.05, 0) is 30.3 Å². The van der Waals surface area contributed by atoms with Gasteiger partial charge in [0, 0.05) is 39.6 Å². The second-order valence-corrected chi connectivity index (χ2v) is 8.91. The predicted octanol–water partition coefficient (Wildman–Crippen LogP) is 5.64. The van der Waals surface area contributed by atoms with Crippen LogP contribution in [-0.4, -0.2) is 16.8 Å². The lowest BCUT2D eigenvalue weighted by molar-refractivity contribution is -0.114. The van der Waals surface area contributed by atoms with Gasteiger partial charge in [0.25, 0.3) is 5.91 Å². The van der Waals surface area contributed by atoms with Crippen LogP contribution in [0, 0.1) is 0 Å². The van der Waals surface area contributed by atoms with E-state index < -0.39 is 0 Å². The number of para-hydroxylation sites is 1. The van der Waals surface area contributed by atoms with Gasteiger partial charge in [0.1, 0.15) is 12.4 Å². The molecule has 154 valence electrons. The molecule has 0 saturated carbocycles. The molecule has 6 nitrogen and oxygen atoms in total. The van der Waals surface area contributed by atoms with Crippen molar-refractivity contribution in [3.63, 3.8) is 0 Å². The summed E-state index contributed by atoms with van der Waals surface area (Å²) in [5.41, 5.74) is 4.45. The van der Waals surface area contributed by atoms with E-state index in [1.165, 1.54) is 29.6 Å². The summed E-state index contributed by atoms with van der Waals surface area (Å²) in [6.45, 7) is 1.94. The number of nitrogens with one attached hydrogen (secondary N) is 2. The zero-order valence-electron chi connectivity index (χ0n) is 16.5. The molecule has 0 radical (unpaired) electrons. The molecule has 2 amide bonds. The van der Waals surface area contributed by atoms with Gasteiger partial charge in [-0.25, -0.2) is 4.98 Å². The molecule has 0 unspecified atom stereocenters. The number of thiazole rings is 1. The first kappa shape index (κ1) is 19.5. The molecule has 2 aromatic heterocycles. The fourth-order valence-corrected chi connectivity index (χ4v) is 5.17. The Balaban J connectivity index is 1.32. The number of ether oxygens (including phenoxy) is 1. The van der Waals surface area contributed by atoms with E-state index in [0.717, 1.165) is 38.7 Å². The van der Waals surface area contributed by atoms with Gasteiger partial charge in [-0.3, -0.25) is 14.9 Å². The Hall–Kier alpha value is -3.49. The van der Waals surface area contributed by atoms with Crippen LogP contribution >= 0.6 is 22.7 Å². The first-order chi connectivity index (χ1) is 15.1. The van der Waals surface area contributed by atoms with E-state index in [1.807, 2.05) is 60.0 Å². The average molecular weight is 448 g/mol. The van der Waals surface area contributed by atoms with Gasteiger partial charge in [-0.15, -0.1) is 22.7 Å². The van der Waals surface area contributed by atoms with E-state index in [9.17, 15) is 9.59 Å². The monoisotopic (exact) mass is 447 g/mol. The Morgan fingerprint density at radius 1 is 1.06 bits per heavy atom. The Kier molecular flexibility index (Phi) is 5.01. The molecule has 3 heterocycles. The van der Waals surface area contributed by atoms with Crippen LogP contribution in [0.4, 0.5) is 10.8 Å². The quantitative estimate of drug-likeness (QED) is 0.424. The molecule has 0 bridgehead atoms. The third-order valence-electron chi connectivity index (χ3n) is 4.77. The summed E-state index contributed by atoms with van der Waals surface area (Å²) in [7, 11) is 0. The molecule has 4 aromatic rings. The molecule has 31 heavy (non-hydrogen) atoms. The Morgan fingerprint density at radius 3 is 2.68 bits per heavy atom. The lowest BCUT2D eigenvalue weighted by Gasteiger charge is -2.16. The molecule has 0 fully saturated rings. The number of thiophene rings is 1. The first-order valence-electron chi connectivity index (χ1n) is 9.56. The summed E-state index contributed by atoms with van der Waals surface area (Å²) < 4.78 is 5.78. The minimum Gasteiger partial charge on any atom is -0.488 e. The van der Waals surface area contributed by atoms with Gasteiger partial charge in [0.05, 0.1) is 10.6 Å². The molecule has 0 aliphatic carbocycles. The molecule has 2 aromatic carbocycles. The molecule has 8 heteroatoms. The number of benzene rings is 2. The molecule has 1 aliphatic heterocycles. The lowest BCUT2D eigenvalue weighted by atomic mass is 10.1. The fraction of sp³-hybridized carbons (Fsp3) is 0.0870. The Labute approximate surface area is 186 Å². The zero-order chi connectivity index (χ0) is 21.4. The van der Waals surface area contributed by atoms with E-state index in [2.05, 4.69) is 15.6 Å². The molecule has 1 aliphatic rings. The number of anilines is 2. The SMILES string of the molecule is CC(=O)Nc1ccc(-c2csc(NC(=O)c3cc4c(s3)-c3ccccc3OC4)n2)cc1. The van der Waals surface area contributed by atoms with Crippen molar-refractivity contribution in [2.45, 2.75) is 13.5 Å². The number of rotatable bonds is 4. The summed E-state index contributed by atoms with van der Waals surface area (Å²) in [5.74, 6) is 0.549. The molecule has 0 saturated heterocycles. The second-order valence-electron chi connectivity index (χ2n) is 7.00.